The van der Waals surface area contributed by atoms with Gasteiger partial charge in [0.2, 0.25) is 0 Å². The summed E-state index contributed by atoms with van der Waals surface area (Å²) in [5, 5.41) is 0. The fraction of sp³-hybridized carbons (Fsp3) is 0.115. The Kier molecular flexibility index (Phi) is 7.28. The summed E-state index contributed by atoms with van der Waals surface area (Å²) in [6.07, 6.45) is 9.70. The van der Waals surface area contributed by atoms with Crippen LogP contribution in [0.3, 0.4) is 0 Å². The first-order valence-corrected chi connectivity index (χ1v) is 13.7. The van der Waals surface area contributed by atoms with E-state index < -0.39 is 21.3 Å². The fourth-order valence-corrected chi connectivity index (χ4v) is 13.5. The van der Waals surface area contributed by atoms with Crippen molar-refractivity contribution in [1.29, 1.82) is 0 Å². The van der Waals surface area contributed by atoms with Crippen LogP contribution in [0.15, 0.2) is 91.0 Å². The van der Waals surface area contributed by atoms with Crippen molar-refractivity contribution in [2.45, 2.75) is 14.2 Å². The predicted octanol–water partition coefficient (Wildman–Crippen LogP) is 0.389. The number of hydrogen-bond acceptors (Lipinski definition) is 0. The van der Waals surface area contributed by atoms with Crippen molar-refractivity contribution in [1.82, 2.24) is 0 Å². The van der Waals surface area contributed by atoms with Crippen molar-refractivity contribution < 1.29 is 46.1 Å². The Morgan fingerprint density at radius 3 is 1.59 bits per heavy atom. The summed E-state index contributed by atoms with van der Waals surface area (Å²) in [6.45, 7) is 2.41. The quantitative estimate of drug-likeness (QED) is 0.493. The van der Waals surface area contributed by atoms with Crippen molar-refractivity contribution in [2.75, 3.05) is 0 Å². The average molecular weight is 497 g/mol. The van der Waals surface area contributed by atoms with Crippen molar-refractivity contribution >= 4 is 15.4 Å². The number of allylic oxidation sites excluding steroid dienone is 2. The monoisotopic (exact) mass is 494 g/mol. The summed E-state index contributed by atoms with van der Waals surface area (Å²) in [6, 6.07) is 29.0. The van der Waals surface area contributed by atoms with Gasteiger partial charge in [0, 0.05) is 0 Å². The molecule has 3 aromatic carbocycles. The maximum Gasteiger partial charge on any atom is -1.00 e. The Morgan fingerprint density at radius 2 is 1.07 bits per heavy atom. The summed E-state index contributed by atoms with van der Waals surface area (Å²) in [5.74, 6) is 0. The number of fused-ring (bicyclic) bond motifs is 2. The van der Waals surface area contributed by atoms with Crippen LogP contribution in [0.5, 0.6) is 0 Å². The van der Waals surface area contributed by atoms with Crippen molar-refractivity contribution in [3.63, 3.8) is 0 Å². The molecule has 0 bridgehead atoms. The molecule has 0 saturated carbocycles. The molecule has 2 atom stereocenters. The van der Waals surface area contributed by atoms with Gasteiger partial charge in [-0.05, 0) is 0 Å². The molecule has 29 heavy (non-hydrogen) atoms. The molecule has 0 nitrogen and oxygen atoms in total. The second-order valence-electron chi connectivity index (χ2n) is 7.38. The van der Waals surface area contributed by atoms with Crippen LogP contribution in [0, 0.1) is 0 Å². The maximum atomic E-state index is 2.50. The molecule has 0 aliphatic heterocycles. The Hall–Kier alpha value is -1.53. The SMILES string of the molecule is C[C](c1ccccc1)=[Zr+2]([CH]1C=Cc2ccccc21)[CH]1C=Cc2ccccc21.[Cl-].[Cl-]. The predicted molar refractivity (Wildman–Crippen MR) is 113 cm³/mol. The third-order valence-corrected chi connectivity index (χ3v) is 14.5. The van der Waals surface area contributed by atoms with Crippen molar-refractivity contribution in [3.05, 3.63) is 119 Å². The van der Waals surface area contributed by atoms with Gasteiger partial charge in [0.15, 0.2) is 0 Å². The second kappa shape index (κ2) is 9.52. The Balaban J connectivity index is 0.00000120. The van der Waals surface area contributed by atoms with Crippen LogP contribution in [0.2, 0.25) is 0 Å². The van der Waals surface area contributed by atoms with E-state index in [1.54, 1.807) is 14.3 Å². The van der Waals surface area contributed by atoms with Crippen LogP contribution >= 0.6 is 0 Å². The molecule has 0 heterocycles. The number of rotatable bonds is 3. The second-order valence-corrected chi connectivity index (χ2v) is 14.5. The normalized spacial score (nSPS) is 17.4. The standard InChI is InChI=1S/2C9H7.C8H8.2ClH.Zr/c2*1-2-5-9-7-3-6-8(9)4-1;1-2-8-6-4-3-5-7-8;;;/h2*1-7H;3-7H,1H3;2*1H;/q;;;;;+2/p-2. The van der Waals surface area contributed by atoms with E-state index in [2.05, 4.69) is 110 Å². The molecule has 0 amide bonds. The van der Waals surface area contributed by atoms with E-state index in [4.69, 9.17) is 0 Å². The minimum Gasteiger partial charge on any atom is -1.00 e. The Morgan fingerprint density at radius 1 is 0.621 bits per heavy atom. The minimum atomic E-state index is -2.14. The summed E-state index contributed by atoms with van der Waals surface area (Å²) >= 11 is -2.14. The van der Waals surface area contributed by atoms with Gasteiger partial charge in [-0.15, -0.1) is 0 Å². The van der Waals surface area contributed by atoms with E-state index >= 15 is 0 Å². The molecule has 2 aliphatic rings. The van der Waals surface area contributed by atoms with Crippen LogP contribution < -0.4 is 24.8 Å². The van der Waals surface area contributed by atoms with Crippen LogP contribution in [-0.4, -0.2) is 3.21 Å². The summed E-state index contributed by atoms with van der Waals surface area (Å²) in [7, 11) is 0. The van der Waals surface area contributed by atoms with E-state index in [1.165, 1.54) is 16.7 Å². The topological polar surface area (TPSA) is 0 Å². The third kappa shape index (κ3) is 4.06. The molecule has 2 unspecified atom stereocenters. The molecule has 2 aliphatic carbocycles. The molecule has 0 radical (unpaired) electrons. The largest absolute Gasteiger partial charge is 1.00 e. The molecule has 0 fully saturated rings. The molecule has 3 heteroatoms. The first-order valence-electron chi connectivity index (χ1n) is 9.63. The molecule has 3 aromatic rings. The molecular weight excluding hydrogens is 474 g/mol. The van der Waals surface area contributed by atoms with E-state index in [9.17, 15) is 0 Å². The number of hydrogen-bond donors (Lipinski definition) is 0. The van der Waals surface area contributed by atoms with E-state index in [0.717, 1.165) is 0 Å². The van der Waals surface area contributed by atoms with Gasteiger partial charge < -0.3 is 24.8 Å². The van der Waals surface area contributed by atoms with E-state index in [-0.39, 0.29) is 24.8 Å². The number of benzene rings is 3. The molecule has 0 spiro atoms. The molecule has 144 valence electrons. The van der Waals surface area contributed by atoms with Crippen LogP contribution in [0.4, 0.5) is 0 Å². The van der Waals surface area contributed by atoms with Gasteiger partial charge in [0.25, 0.3) is 0 Å². The molecule has 0 aromatic heterocycles. The van der Waals surface area contributed by atoms with Gasteiger partial charge in [-0.25, -0.2) is 0 Å². The van der Waals surface area contributed by atoms with Gasteiger partial charge in [-0.1, -0.05) is 0 Å². The summed E-state index contributed by atoms with van der Waals surface area (Å²) in [4.78, 5) is 0. The maximum absolute atomic E-state index is 2.50. The zero-order valence-electron chi connectivity index (χ0n) is 16.2. The van der Waals surface area contributed by atoms with Crippen molar-refractivity contribution in [3.8, 4) is 0 Å². The first-order chi connectivity index (χ1) is 13.3. The first kappa shape index (κ1) is 22.2. The Labute approximate surface area is 193 Å². The Bertz CT molecular complexity index is 1030. The van der Waals surface area contributed by atoms with Crippen LogP contribution in [-0.2, 0) is 21.3 Å². The van der Waals surface area contributed by atoms with Crippen LogP contribution in [0.1, 0.15) is 42.0 Å². The minimum absolute atomic E-state index is 0. The van der Waals surface area contributed by atoms with Crippen molar-refractivity contribution in [2.24, 2.45) is 0 Å². The number of halogens is 2. The third-order valence-electron chi connectivity index (χ3n) is 5.91. The molecule has 0 saturated heterocycles. The zero-order valence-corrected chi connectivity index (χ0v) is 20.2. The fourth-order valence-electron chi connectivity index (χ4n) is 4.56. The smallest absolute Gasteiger partial charge is 1.00 e. The van der Waals surface area contributed by atoms with E-state index in [1.807, 2.05) is 0 Å². The molecule has 0 N–H and O–H groups in total. The summed E-state index contributed by atoms with van der Waals surface area (Å²) < 4.78 is 2.87. The van der Waals surface area contributed by atoms with Gasteiger partial charge in [-0.2, -0.15) is 0 Å². The van der Waals surface area contributed by atoms with Crippen LogP contribution in [0.25, 0.3) is 12.2 Å². The van der Waals surface area contributed by atoms with Gasteiger partial charge in [0.05, 0.1) is 0 Å². The summed E-state index contributed by atoms with van der Waals surface area (Å²) in [5.41, 5.74) is 7.34. The average Bonchev–Trinajstić information content (AvgIpc) is 3.34. The van der Waals surface area contributed by atoms with Gasteiger partial charge in [0.1, 0.15) is 0 Å². The zero-order chi connectivity index (χ0) is 18.2. The molecular formula is C26H22Cl2Zr. The van der Waals surface area contributed by atoms with E-state index in [0.29, 0.717) is 7.25 Å². The van der Waals surface area contributed by atoms with Gasteiger partial charge >= 0.3 is 170 Å². The molecule has 5 rings (SSSR count). The van der Waals surface area contributed by atoms with Gasteiger partial charge in [-0.3, -0.25) is 0 Å².